The van der Waals surface area contributed by atoms with Gasteiger partial charge < -0.3 is 14.4 Å². The first kappa shape index (κ1) is 16.1. The molecule has 0 heterocycles. The van der Waals surface area contributed by atoms with Crippen LogP contribution in [-0.4, -0.2) is 44.0 Å². The Morgan fingerprint density at radius 1 is 1.25 bits per heavy atom. The van der Waals surface area contributed by atoms with E-state index < -0.39 is 18.9 Å². The van der Waals surface area contributed by atoms with Crippen LogP contribution >= 0.6 is 0 Å². The number of rotatable bonds is 5. The number of alkyl halides is 3. The minimum absolute atomic E-state index is 0.130. The van der Waals surface area contributed by atoms with Gasteiger partial charge in [-0.3, -0.25) is 0 Å². The molecule has 1 amide bonds. The van der Waals surface area contributed by atoms with Gasteiger partial charge in [0.1, 0.15) is 12.4 Å². The quantitative estimate of drug-likeness (QED) is 0.837. The molecular weight excluding hydrogens is 275 g/mol. The van der Waals surface area contributed by atoms with Crippen LogP contribution in [-0.2, 0) is 4.74 Å². The van der Waals surface area contributed by atoms with Crippen LogP contribution in [0.15, 0.2) is 24.3 Å². The second-order valence-corrected chi connectivity index (χ2v) is 4.25. The topological polar surface area (TPSA) is 38.8 Å². The highest BCUT2D eigenvalue weighted by Crippen LogP contribution is 2.15. The molecule has 0 radical (unpaired) electrons. The number of carbonyl (C=O) groups is 1. The molecule has 1 rings (SSSR count). The first-order chi connectivity index (χ1) is 9.28. The maximum atomic E-state index is 11.9. The van der Waals surface area contributed by atoms with Gasteiger partial charge in [0.2, 0.25) is 0 Å². The van der Waals surface area contributed by atoms with Crippen molar-refractivity contribution < 1.29 is 27.4 Å². The second kappa shape index (κ2) is 7.02. The second-order valence-electron chi connectivity index (χ2n) is 4.25. The molecule has 0 spiro atoms. The van der Waals surface area contributed by atoms with Crippen LogP contribution < -0.4 is 4.74 Å². The molecule has 112 valence electrons. The first-order valence-electron chi connectivity index (χ1n) is 5.92. The molecule has 0 fully saturated rings. The Morgan fingerprint density at radius 3 is 2.40 bits per heavy atom. The van der Waals surface area contributed by atoms with Crippen LogP contribution in [0.4, 0.5) is 18.0 Å². The lowest BCUT2D eigenvalue weighted by Gasteiger charge is -2.17. The molecule has 0 aliphatic heterocycles. The summed E-state index contributed by atoms with van der Waals surface area (Å²) in [7, 11) is 1.34. The zero-order chi connectivity index (χ0) is 15.2. The molecule has 4 nitrogen and oxygen atoms in total. The third kappa shape index (κ3) is 6.31. The fourth-order valence-electron chi connectivity index (χ4n) is 1.28. The number of likely N-dealkylation sites (N-methyl/N-ethyl adjacent to an activating group) is 1. The van der Waals surface area contributed by atoms with Crippen molar-refractivity contribution in [3.63, 3.8) is 0 Å². The van der Waals surface area contributed by atoms with Gasteiger partial charge in [-0.2, -0.15) is 13.2 Å². The van der Waals surface area contributed by atoms with Gasteiger partial charge in [-0.15, -0.1) is 0 Å². The monoisotopic (exact) mass is 291 g/mol. The van der Waals surface area contributed by atoms with E-state index in [2.05, 4.69) is 4.74 Å². The Kier molecular flexibility index (Phi) is 5.66. The average Bonchev–Trinajstić information content (AvgIpc) is 2.37. The predicted octanol–water partition coefficient (Wildman–Crippen LogP) is 3.00. The molecule has 0 aliphatic rings. The van der Waals surface area contributed by atoms with Crippen LogP contribution in [0.5, 0.6) is 5.75 Å². The van der Waals surface area contributed by atoms with E-state index in [0.717, 1.165) is 10.5 Å². The first-order valence-corrected chi connectivity index (χ1v) is 5.92. The summed E-state index contributed by atoms with van der Waals surface area (Å²) in [5, 5.41) is 0. The minimum atomic E-state index is -4.52. The lowest BCUT2D eigenvalue weighted by Crippen LogP contribution is -2.33. The number of hydrogen-bond donors (Lipinski definition) is 0. The zero-order valence-electron chi connectivity index (χ0n) is 11.2. The van der Waals surface area contributed by atoms with E-state index in [4.69, 9.17) is 4.74 Å². The number of ether oxygens (including phenoxy) is 2. The Balaban J connectivity index is 2.27. The summed E-state index contributed by atoms with van der Waals surface area (Å²) in [6.45, 7) is 0.647. The maximum absolute atomic E-state index is 11.9. The molecule has 0 aliphatic carbocycles. The summed E-state index contributed by atoms with van der Waals surface area (Å²) in [6, 6.07) is 7.29. The van der Waals surface area contributed by atoms with E-state index in [1.54, 1.807) is 12.1 Å². The molecule has 0 saturated carbocycles. The number of aryl methyl sites for hydroxylation is 1. The smallest absolute Gasteiger partial charge is 0.422 e. The van der Waals surface area contributed by atoms with Crippen molar-refractivity contribution in [3.8, 4) is 5.75 Å². The van der Waals surface area contributed by atoms with Gasteiger partial charge in [0, 0.05) is 7.05 Å². The van der Waals surface area contributed by atoms with Crippen molar-refractivity contribution in [2.45, 2.75) is 13.1 Å². The third-order valence-corrected chi connectivity index (χ3v) is 2.39. The van der Waals surface area contributed by atoms with Gasteiger partial charge in [0.25, 0.3) is 0 Å². The summed E-state index contributed by atoms with van der Waals surface area (Å²) in [5.74, 6) is 0.632. The molecular formula is C13H16F3NO3. The van der Waals surface area contributed by atoms with Crippen molar-refractivity contribution in [2.24, 2.45) is 0 Å². The van der Waals surface area contributed by atoms with Crippen LogP contribution in [0, 0.1) is 6.92 Å². The normalized spacial score (nSPS) is 11.1. The molecule has 0 unspecified atom stereocenters. The van der Waals surface area contributed by atoms with Crippen molar-refractivity contribution >= 4 is 6.09 Å². The summed E-state index contributed by atoms with van der Waals surface area (Å²) in [4.78, 5) is 12.3. The molecule has 7 heteroatoms. The van der Waals surface area contributed by atoms with Crippen LogP contribution in [0.2, 0.25) is 0 Å². The Bertz CT molecular complexity index is 431. The Labute approximate surface area is 115 Å². The summed E-state index contributed by atoms with van der Waals surface area (Å²) >= 11 is 0. The zero-order valence-corrected chi connectivity index (χ0v) is 11.2. The number of amides is 1. The van der Waals surface area contributed by atoms with Gasteiger partial charge in [-0.25, -0.2) is 4.79 Å². The van der Waals surface area contributed by atoms with E-state index in [1.165, 1.54) is 7.05 Å². The molecule has 0 bridgehead atoms. The predicted molar refractivity (Wildman–Crippen MR) is 66.7 cm³/mol. The molecule has 20 heavy (non-hydrogen) atoms. The standard InChI is InChI=1S/C13H16F3NO3/c1-10-3-5-11(6-4-10)19-8-7-17(2)12(18)20-9-13(14,15)16/h3-6H,7-9H2,1-2H3. The lowest BCUT2D eigenvalue weighted by atomic mass is 10.2. The number of carbonyl (C=O) groups excluding carboxylic acids is 1. The van der Waals surface area contributed by atoms with Crippen molar-refractivity contribution in [1.82, 2.24) is 4.90 Å². The van der Waals surface area contributed by atoms with Gasteiger partial charge >= 0.3 is 12.3 Å². The third-order valence-electron chi connectivity index (χ3n) is 2.39. The van der Waals surface area contributed by atoms with Crippen molar-refractivity contribution in [2.75, 3.05) is 26.8 Å². The maximum Gasteiger partial charge on any atom is 0.422 e. The number of halogens is 3. The molecule has 0 N–H and O–H groups in total. The van der Waals surface area contributed by atoms with Gasteiger partial charge in [-0.1, -0.05) is 17.7 Å². The number of hydrogen-bond acceptors (Lipinski definition) is 3. The minimum Gasteiger partial charge on any atom is -0.492 e. The van der Waals surface area contributed by atoms with E-state index >= 15 is 0 Å². The SMILES string of the molecule is Cc1ccc(OCCN(C)C(=O)OCC(F)(F)F)cc1. The lowest BCUT2D eigenvalue weighted by molar-refractivity contribution is -0.162. The molecule has 0 aromatic heterocycles. The van der Waals surface area contributed by atoms with Crippen LogP contribution in [0.3, 0.4) is 0 Å². The fourth-order valence-corrected chi connectivity index (χ4v) is 1.28. The highest BCUT2D eigenvalue weighted by Gasteiger charge is 2.30. The van der Waals surface area contributed by atoms with E-state index in [1.807, 2.05) is 19.1 Å². The largest absolute Gasteiger partial charge is 0.492 e. The highest BCUT2D eigenvalue weighted by molar-refractivity contribution is 5.67. The van der Waals surface area contributed by atoms with Gasteiger partial charge in [-0.05, 0) is 19.1 Å². The Morgan fingerprint density at radius 2 is 1.85 bits per heavy atom. The Hall–Kier alpha value is -1.92. The molecule has 0 atom stereocenters. The van der Waals surface area contributed by atoms with E-state index in [-0.39, 0.29) is 13.2 Å². The molecule has 1 aromatic rings. The number of benzene rings is 1. The van der Waals surface area contributed by atoms with Crippen molar-refractivity contribution in [1.29, 1.82) is 0 Å². The van der Waals surface area contributed by atoms with E-state index in [9.17, 15) is 18.0 Å². The highest BCUT2D eigenvalue weighted by atomic mass is 19.4. The summed E-state index contributed by atoms with van der Waals surface area (Å²) < 4.78 is 45.0. The summed E-state index contributed by atoms with van der Waals surface area (Å²) in [6.07, 6.45) is -5.55. The van der Waals surface area contributed by atoms with Crippen LogP contribution in [0.1, 0.15) is 5.56 Å². The van der Waals surface area contributed by atoms with Crippen molar-refractivity contribution in [3.05, 3.63) is 29.8 Å². The number of nitrogens with zero attached hydrogens (tertiary/aromatic N) is 1. The average molecular weight is 291 g/mol. The fraction of sp³-hybridized carbons (Fsp3) is 0.462. The van der Waals surface area contributed by atoms with Gasteiger partial charge in [0.05, 0.1) is 6.54 Å². The van der Waals surface area contributed by atoms with Gasteiger partial charge in [0.15, 0.2) is 6.61 Å². The molecule has 1 aromatic carbocycles. The van der Waals surface area contributed by atoms with E-state index in [0.29, 0.717) is 5.75 Å². The summed E-state index contributed by atoms with van der Waals surface area (Å²) in [5.41, 5.74) is 1.09. The molecule has 0 saturated heterocycles. The van der Waals surface area contributed by atoms with Crippen LogP contribution in [0.25, 0.3) is 0 Å².